The summed E-state index contributed by atoms with van der Waals surface area (Å²) in [6.45, 7) is 7.38. The molecule has 1 aromatic heterocycles. The number of carbonyl (C=O) groups excluding carboxylic acids is 3. The molecule has 5 heterocycles. The van der Waals surface area contributed by atoms with E-state index in [9.17, 15) is 14.4 Å². The summed E-state index contributed by atoms with van der Waals surface area (Å²) >= 11 is 0. The number of rotatable bonds is 9. The Balaban J connectivity index is 0.000000184. The van der Waals surface area contributed by atoms with E-state index in [1.165, 1.54) is 0 Å². The van der Waals surface area contributed by atoms with E-state index >= 15 is 0 Å². The predicted molar refractivity (Wildman–Crippen MR) is 207 cm³/mol. The summed E-state index contributed by atoms with van der Waals surface area (Å²) in [7, 11) is 3.38. The summed E-state index contributed by atoms with van der Waals surface area (Å²) < 4.78 is 24.9. The van der Waals surface area contributed by atoms with E-state index in [0.717, 1.165) is 108 Å². The molecule has 8 rings (SSSR count). The number of benzene rings is 3. The Morgan fingerprint density at radius 3 is 2.09 bits per heavy atom. The number of nitrogens with two attached hydrogens (primary N) is 1. The zero-order chi connectivity index (χ0) is 38.0. The van der Waals surface area contributed by atoms with Crippen molar-refractivity contribution in [3.05, 3.63) is 82.5 Å². The summed E-state index contributed by atoms with van der Waals surface area (Å²) in [4.78, 5) is 37.4. The fourth-order valence-electron chi connectivity index (χ4n) is 8.07. The molecular weight excluding hydrogens is 686 g/mol. The lowest BCUT2D eigenvalue weighted by Gasteiger charge is -2.33. The highest BCUT2D eigenvalue weighted by molar-refractivity contribution is 5.97. The van der Waals surface area contributed by atoms with Crippen LogP contribution in [0.1, 0.15) is 78.2 Å². The molecule has 0 bridgehead atoms. The third kappa shape index (κ3) is 8.41. The average molecular weight is 738 g/mol. The third-order valence-corrected chi connectivity index (χ3v) is 11.0. The van der Waals surface area contributed by atoms with E-state index in [1.54, 1.807) is 20.3 Å². The van der Waals surface area contributed by atoms with Gasteiger partial charge in [0.05, 0.1) is 26.9 Å². The summed E-state index contributed by atoms with van der Waals surface area (Å²) in [5.74, 6) is 0.987. The highest BCUT2D eigenvalue weighted by Crippen LogP contribution is 2.35. The van der Waals surface area contributed by atoms with Gasteiger partial charge in [0.25, 0.3) is 0 Å². The number of hydrogen-bond donors (Lipinski definition) is 3. The molecule has 12 heteroatoms. The Labute approximate surface area is 316 Å². The van der Waals surface area contributed by atoms with Gasteiger partial charge < -0.3 is 44.8 Å². The number of nitrogens with zero attached hydrogens (tertiary/aromatic N) is 2. The van der Waals surface area contributed by atoms with Gasteiger partial charge in [0.15, 0.2) is 5.79 Å². The maximum absolute atomic E-state index is 11.8. The zero-order valence-electron chi connectivity index (χ0n) is 31.7. The predicted octanol–water partition coefficient (Wildman–Crippen LogP) is 5.79. The van der Waals surface area contributed by atoms with E-state index in [0.29, 0.717) is 37.5 Å². The molecule has 1 unspecified atom stereocenters. The summed E-state index contributed by atoms with van der Waals surface area (Å²) in [6.07, 6.45) is 8.42. The zero-order valence-corrected chi connectivity index (χ0v) is 31.7. The number of amides is 3. The highest BCUT2D eigenvalue weighted by atomic mass is 16.7. The number of nitrogens with one attached hydrogen (secondary N) is 2. The first-order valence-corrected chi connectivity index (χ1v) is 18.9. The molecule has 4 aliphatic rings. The van der Waals surface area contributed by atoms with Crippen molar-refractivity contribution >= 4 is 40.0 Å². The number of aryl methyl sites for hydroxylation is 2. The van der Waals surface area contributed by atoms with E-state index in [4.69, 9.17) is 24.7 Å². The van der Waals surface area contributed by atoms with Gasteiger partial charge in [0.1, 0.15) is 11.5 Å². The SMILES string of the molecule is COc1cc2c(cc1CC1COC(C)(C)O1)NC(=O)CC2.COc1cc2c(cc1CCN1CCC(n3ccc4ccc(C(N)=O)cc43)CC1)NC(=O)CC2. The molecule has 0 spiro atoms. The molecule has 2 saturated heterocycles. The molecule has 3 aromatic carbocycles. The van der Waals surface area contributed by atoms with Crippen LogP contribution in [0, 0.1) is 0 Å². The van der Waals surface area contributed by atoms with Crippen molar-refractivity contribution in [3.8, 4) is 11.5 Å². The van der Waals surface area contributed by atoms with Crippen LogP contribution in [-0.2, 0) is 44.7 Å². The smallest absolute Gasteiger partial charge is 0.248 e. The second-order valence-electron chi connectivity index (χ2n) is 15.1. The Kier molecular flexibility index (Phi) is 11.0. The van der Waals surface area contributed by atoms with Crippen LogP contribution in [0.15, 0.2) is 54.7 Å². The van der Waals surface area contributed by atoms with Gasteiger partial charge in [0, 0.05) is 73.6 Å². The Morgan fingerprint density at radius 2 is 1.50 bits per heavy atom. The van der Waals surface area contributed by atoms with Crippen LogP contribution in [0.3, 0.4) is 0 Å². The number of fused-ring (bicyclic) bond motifs is 3. The van der Waals surface area contributed by atoms with E-state index in [2.05, 4.69) is 44.5 Å². The minimum Gasteiger partial charge on any atom is -0.496 e. The molecule has 4 aliphatic heterocycles. The molecule has 12 nitrogen and oxygen atoms in total. The van der Waals surface area contributed by atoms with Crippen LogP contribution < -0.4 is 25.8 Å². The maximum Gasteiger partial charge on any atom is 0.248 e. The van der Waals surface area contributed by atoms with Gasteiger partial charge in [-0.15, -0.1) is 0 Å². The number of primary amides is 1. The lowest BCUT2D eigenvalue weighted by Crippen LogP contribution is -2.35. The van der Waals surface area contributed by atoms with Crippen molar-refractivity contribution in [1.29, 1.82) is 0 Å². The summed E-state index contributed by atoms with van der Waals surface area (Å²) in [6, 6.07) is 16.4. The minimum absolute atomic E-state index is 0.00578. The van der Waals surface area contributed by atoms with Gasteiger partial charge in [-0.2, -0.15) is 0 Å². The molecule has 0 saturated carbocycles. The largest absolute Gasteiger partial charge is 0.496 e. The van der Waals surface area contributed by atoms with Crippen LogP contribution >= 0.6 is 0 Å². The molecule has 286 valence electrons. The van der Waals surface area contributed by atoms with Gasteiger partial charge in [-0.1, -0.05) is 6.07 Å². The van der Waals surface area contributed by atoms with Crippen LogP contribution in [0.25, 0.3) is 10.9 Å². The Hall–Kier alpha value is -4.91. The fourth-order valence-corrected chi connectivity index (χ4v) is 8.07. The first kappa shape index (κ1) is 37.4. The number of aromatic nitrogens is 1. The van der Waals surface area contributed by atoms with Gasteiger partial charge in [-0.05, 0) is 116 Å². The number of hydrogen-bond acceptors (Lipinski definition) is 8. The van der Waals surface area contributed by atoms with E-state index in [-0.39, 0.29) is 17.9 Å². The van der Waals surface area contributed by atoms with E-state index in [1.807, 2.05) is 38.1 Å². The van der Waals surface area contributed by atoms with Gasteiger partial charge >= 0.3 is 0 Å². The van der Waals surface area contributed by atoms with Gasteiger partial charge in [-0.3, -0.25) is 14.4 Å². The minimum atomic E-state index is -0.527. The second-order valence-corrected chi connectivity index (χ2v) is 15.1. The van der Waals surface area contributed by atoms with Crippen LogP contribution in [0.5, 0.6) is 11.5 Å². The highest BCUT2D eigenvalue weighted by Gasteiger charge is 2.33. The number of likely N-dealkylation sites (tertiary alicyclic amines) is 1. The van der Waals surface area contributed by atoms with Crippen molar-refractivity contribution in [2.75, 3.05) is 51.1 Å². The summed E-state index contributed by atoms with van der Waals surface area (Å²) in [5.41, 5.74) is 13.4. The van der Waals surface area contributed by atoms with Crippen molar-refractivity contribution < 1.29 is 33.3 Å². The monoisotopic (exact) mass is 737 g/mol. The molecule has 0 aliphatic carbocycles. The molecule has 4 N–H and O–H groups in total. The molecule has 1 atom stereocenters. The maximum atomic E-state index is 11.8. The number of carbonyl (C=O) groups is 3. The quantitative estimate of drug-likeness (QED) is 0.196. The second kappa shape index (κ2) is 15.8. The van der Waals surface area contributed by atoms with Crippen LogP contribution in [0.4, 0.5) is 11.4 Å². The van der Waals surface area contributed by atoms with Gasteiger partial charge in [-0.25, -0.2) is 0 Å². The third-order valence-electron chi connectivity index (χ3n) is 11.0. The standard InChI is InChI=1S/C26H30N4O3.C16H21NO4/c1-33-24-16-18-4-5-25(31)28-22(18)14-19(24)6-10-29-11-8-21(9-12-29)30-13-7-17-2-3-20(26(27)32)15-23(17)30;1-16(2)20-9-12(21-16)6-11-7-13-10(8-14(11)19-3)4-5-15(18)17-13/h2-3,7,13-16,21H,4-6,8-12H2,1H3,(H2,27,32)(H,28,31);7-8,12H,4-6,9H2,1-3H3,(H,17,18). The van der Waals surface area contributed by atoms with Crippen LogP contribution in [0.2, 0.25) is 0 Å². The molecule has 3 amide bonds. The Morgan fingerprint density at radius 1 is 0.870 bits per heavy atom. The van der Waals surface area contributed by atoms with Crippen LogP contribution in [-0.4, -0.2) is 79.5 Å². The van der Waals surface area contributed by atoms with Crippen molar-refractivity contribution in [1.82, 2.24) is 9.47 Å². The molecule has 54 heavy (non-hydrogen) atoms. The molecule has 4 aromatic rings. The molecule has 0 radical (unpaired) electrons. The average Bonchev–Trinajstić information content (AvgIpc) is 3.75. The number of piperidine rings is 1. The first-order valence-electron chi connectivity index (χ1n) is 18.9. The topological polar surface area (TPSA) is 146 Å². The van der Waals surface area contributed by atoms with Crippen molar-refractivity contribution in [3.63, 3.8) is 0 Å². The summed E-state index contributed by atoms with van der Waals surface area (Å²) in [5, 5.41) is 7.06. The Bertz CT molecular complexity index is 2050. The first-order chi connectivity index (χ1) is 26.0. The number of anilines is 2. The lowest BCUT2D eigenvalue weighted by atomic mass is 9.97. The number of methoxy groups -OCH3 is 2. The van der Waals surface area contributed by atoms with E-state index < -0.39 is 11.7 Å². The number of ether oxygens (including phenoxy) is 4. The fraction of sp³-hybridized carbons (Fsp3) is 0.452. The van der Waals surface area contributed by atoms with Crippen molar-refractivity contribution in [2.45, 2.75) is 83.1 Å². The van der Waals surface area contributed by atoms with Crippen molar-refractivity contribution in [2.24, 2.45) is 5.73 Å². The molecular formula is C42H51N5O7. The lowest BCUT2D eigenvalue weighted by molar-refractivity contribution is -0.138. The molecule has 2 fully saturated rings. The normalized spacial score (nSPS) is 19.6. The van der Waals surface area contributed by atoms with Gasteiger partial charge in [0.2, 0.25) is 17.7 Å².